The Morgan fingerprint density at radius 3 is 2.22 bits per heavy atom. The molecule has 2 heterocycles. The largest absolute Gasteiger partial charge is 0.347 e. The van der Waals surface area contributed by atoms with Crippen LogP contribution in [0.5, 0.6) is 0 Å². The van der Waals surface area contributed by atoms with Gasteiger partial charge in [0.2, 0.25) is 0 Å². The van der Waals surface area contributed by atoms with Gasteiger partial charge in [0.05, 0.1) is 29.7 Å². The first-order chi connectivity index (χ1) is 15.7. The zero-order chi connectivity index (χ0) is 21.5. The zero-order valence-electron chi connectivity index (χ0n) is 19.0. The van der Waals surface area contributed by atoms with Crippen molar-refractivity contribution in [2.45, 2.75) is 51.0 Å². The van der Waals surface area contributed by atoms with Crippen molar-refractivity contribution >= 4 is 0 Å². The van der Waals surface area contributed by atoms with Gasteiger partial charge >= 0.3 is 0 Å². The van der Waals surface area contributed by atoms with Gasteiger partial charge in [-0.15, -0.1) is 0 Å². The van der Waals surface area contributed by atoms with Crippen LogP contribution in [0.1, 0.15) is 61.4 Å². The first-order valence-corrected chi connectivity index (χ1v) is 12.6. The third-order valence-corrected chi connectivity index (χ3v) is 8.96. The van der Waals surface area contributed by atoms with Gasteiger partial charge in [0.15, 0.2) is 0 Å². The van der Waals surface area contributed by atoms with E-state index in [0.29, 0.717) is 11.5 Å². The molecule has 4 bridgehead atoms. The summed E-state index contributed by atoms with van der Waals surface area (Å²) in [6, 6.07) is 10.6. The number of nitrogens with zero attached hydrogens (tertiary/aromatic N) is 4. The van der Waals surface area contributed by atoms with Gasteiger partial charge in [-0.1, -0.05) is 12.1 Å². The topological polar surface area (TPSA) is 59.0 Å². The van der Waals surface area contributed by atoms with Gasteiger partial charge in [-0.3, -0.25) is 4.90 Å². The number of piperazine rings is 1. The molecule has 1 saturated heterocycles. The summed E-state index contributed by atoms with van der Waals surface area (Å²) in [5, 5.41) is 9.10. The molecule has 1 atom stereocenters. The Kier molecular flexibility index (Phi) is 5.31. The second kappa shape index (κ2) is 8.32. The number of benzene rings is 1. The van der Waals surface area contributed by atoms with Gasteiger partial charge in [0.25, 0.3) is 0 Å². The number of nitrogens with one attached hydrogen (secondary N) is 1. The molecular formula is C27H35N5. The molecule has 5 heteroatoms. The summed E-state index contributed by atoms with van der Waals surface area (Å²) >= 11 is 0. The molecule has 4 aliphatic carbocycles. The van der Waals surface area contributed by atoms with Gasteiger partial charge < -0.3 is 9.88 Å². The van der Waals surface area contributed by atoms with Crippen molar-refractivity contribution in [2.24, 2.45) is 23.2 Å². The van der Waals surface area contributed by atoms with Crippen LogP contribution in [0.15, 0.2) is 36.8 Å². The van der Waals surface area contributed by atoms with Crippen molar-refractivity contribution < 1.29 is 0 Å². The molecule has 5 aliphatic rings. The number of nitriles is 1. The maximum atomic E-state index is 9.10. The summed E-state index contributed by atoms with van der Waals surface area (Å²) in [6.07, 6.45) is 13.9. The minimum Gasteiger partial charge on any atom is -0.347 e. The molecule has 1 unspecified atom stereocenters. The van der Waals surface area contributed by atoms with E-state index in [1.807, 2.05) is 18.3 Å². The Labute approximate surface area is 191 Å². The van der Waals surface area contributed by atoms with E-state index in [2.05, 4.69) is 38.0 Å². The monoisotopic (exact) mass is 429 g/mol. The van der Waals surface area contributed by atoms with Gasteiger partial charge in [0.1, 0.15) is 0 Å². The quantitative estimate of drug-likeness (QED) is 0.739. The number of rotatable bonds is 6. The molecular weight excluding hydrogens is 394 g/mol. The van der Waals surface area contributed by atoms with E-state index in [1.165, 1.54) is 69.4 Å². The van der Waals surface area contributed by atoms with Crippen molar-refractivity contribution in [3.05, 3.63) is 53.6 Å². The van der Waals surface area contributed by atoms with Crippen molar-refractivity contribution in [3.8, 4) is 6.07 Å². The van der Waals surface area contributed by atoms with Crippen molar-refractivity contribution in [3.63, 3.8) is 0 Å². The van der Waals surface area contributed by atoms with Crippen LogP contribution in [0.25, 0.3) is 0 Å². The molecule has 1 aliphatic heterocycles. The molecule has 0 amide bonds. The maximum absolute atomic E-state index is 9.10. The maximum Gasteiger partial charge on any atom is 0.0991 e. The highest BCUT2D eigenvalue weighted by Crippen LogP contribution is 2.60. The summed E-state index contributed by atoms with van der Waals surface area (Å²) in [5.74, 6) is 3.12. The minimum atomic E-state index is 0.312. The Hall–Kier alpha value is -2.16. The van der Waals surface area contributed by atoms with Crippen LogP contribution >= 0.6 is 0 Å². The summed E-state index contributed by atoms with van der Waals surface area (Å²) in [5.41, 5.74) is 3.84. The number of aromatic amines is 1. The molecule has 5 nitrogen and oxygen atoms in total. The number of imidazole rings is 1. The average Bonchev–Trinajstić information content (AvgIpc) is 3.32. The summed E-state index contributed by atoms with van der Waals surface area (Å²) in [7, 11) is 0. The van der Waals surface area contributed by atoms with Crippen LogP contribution in [0.3, 0.4) is 0 Å². The van der Waals surface area contributed by atoms with Crippen molar-refractivity contribution in [1.82, 2.24) is 19.8 Å². The third kappa shape index (κ3) is 4.00. The number of hydrogen-bond acceptors (Lipinski definition) is 4. The van der Waals surface area contributed by atoms with E-state index in [-0.39, 0.29) is 0 Å². The summed E-state index contributed by atoms with van der Waals surface area (Å²) < 4.78 is 0. The third-order valence-electron chi connectivity index (χ3n) is 8.96. The second-order valence-electron chi connectivity index (χ2n) is 11.3. The van der Waals surface area contributed by atoms with Gasteiger partial charge in [-0.05, 0) is 85.8 Å². The Balaban J connectivity index is 1.11. The summed E-state index contributed by atoms with van der Waals surface area (Å²) in [6.45, 7) is 5.94. The molecule has 1 N–H and O–H groups in total. The smallest absolute Gasteiger partial charge is 0.0991 e. The highest BCUT2D eigenvalue weighted by molar-refractivity contribution is 5.32. The molecule has 5 fully saturated rings. The number of aromatic nitrogens is 2. The summed E-state index contributed by atoms with van der Waals surface area (Å²) in [4.78, 5) is 13.1. The molecule has 7 rings (SSSR count). The first-order valence-electron chi connectivity index (χ1n) is 12.6. The average molecular weight is 430 g/mol. The molecule has 1 aromatic heterocycles. The fraction of sp³-hybridized carbons (Fsp3) is 0.630. The van der Waals surface area contributed by atoms with Crippen LogP contribution in [0, 0.1) is 34.5 Å². The first kappa shape index (κ1) is 20.4. The van der Waals surface area contributed by atoms with Gasteiger partial charge in [-0.25, -0.2) is 4.98 Å². The Bertz CT molecular complexity index is 914. The van der Waals surface area contributed by atoms with Gasteiger partial charge in [-0.2, -0.15) is 5.26 Å². The number of H-pyrrole nitrogens is 1. The van der Waals surface area contributed by atoms with E-state index in [4.69, 9.17) is 5.26 Å². The van der Waals surface area contributed by atoms with E-state index in [9.17, 15) is 0 Å². The zero-order valence-corrected chi connectivity index (χ0v) is 19.0. The highest BCUT2D eigenvalue weighted by atomic mass is 15.3. The number of hydrogen-bond donors (Lipinski definition) is 1. The van der Waals surface area contributed by atoms with Crippen LogP contribution in [0.2, 0.25) is 0 Å². The fourth-order valence-corrected chi connectivity index (χ4v) is 8.01. The van der Waals surface area contributed by atoms with Crippen LogP contribution in [0.4, 0.5) is 0 Å². The lowest BCUT2D eigenvalue weighted by molar-refractivity contribution is -0.0748. The van der Waals surface area contributed by atoms with E-state index in [0.717, 1.165) is 42.8 Å². The lowest BCUT2D eigenvalue weighted by Gasteiger charge is -2.58. The highest BCUT2D eigenvalue weighted by Gasteiger charge is 2.51. The van der Waals surface area contributed by atoms with Crippen molar-refractivity contribution in [2.75, 3.05) is 32.7 Å². The standard InChI is InChI=1S/C27H35N5/c28-16-21-3-1-20(2-4-21)12-26(25-17-29-19-30-25)32-7-5-31(6-8-32)18-27-13-22-9-23(14-27)11-24(10-22)15-27/h1-4,17,19,22-24,26H,5-15,18H2,(H,29,30). The van der Waals surface area contributed by atoms with Crippen molar-refractivity contribution in [1.29, 1.82) is 5.26 Å². The van der Waals surface area contributed by atoms with E-state index in [1.54, 1.807) is 6.33 Å². The fourth-order valence-electron chi connectivity index (χ4n) is 8.01. The van der Waals surface area contributed by atoms with Crippen LogP contribution in [-0.4, -0.2) is 52.5 Å². The van der Waals surface area contributed by atoms with Crippen LogP contribution in [-0.2, 0) is 6.42 Å². The predicted octanol–water partition coefficient (Wildman–Crippen LogP) is 4.40. The second-order valence-corrected chi connectivity index (χ2v) is 11.3. The lowest BCUT2D eigenvalue weighted by atomic mass is 9.49. The van der Waals surface area contributed by atoms with E-state index >= 15 is 0 Å². The Morgan fingerprint density at radius 2 is 1.66 bits per heavy atom. The molecule has 4 saturated carbocycles. The minimum absolute atomic E-state index is 0.312. The molecule has 0 spiro atoms. The molecule has 32 heavy (non-hydrogen) atoms. The Morgan fingerprint density at radius 1 is 1.00 bits per heavy atom. The SMILES string of the molecule is N#Cc1ccc(CC(c2cnc[nH]2)N2CCN(CC34CC5CC(CC(C5)C3)C4)CC2)cc1. The molecule has 168 valence electrons. The molecule has 2 aromatic rings. The van der Waals surface area contributed by atoms with E-state index < -0.39 is 0 Å². The molecule has 1 aromatic carbocycles. The molecule has 0 radical (unpaired) electrons. The van der Waals surface area contributed by atoms with Crippen LogP contribution < -0.4 is 0 Å². The lowest BCUT2D eigenvalue weighted by Crippen LogP contribution is -2.55. The normalized spacial score (nSPS) is 33.3. The predicted molar refractivity (Wildman–Crippen MR) is 125 cm³/mol. The van der Waals surface area contributed by atoms with Gasteiger partial charge in [0, 0.05) is 38.9 Å².